The largest absolute Gasteiger partial charge is 0.362 e. The predicted molar refractivity (Wildman–Crippen MR) is 83.5 cm³/mol. The molecule has 0 bridgehead atoms. The van der Waals surface area contributed by atoms with Crippen LogP contribution in [0.25, 0.3) is 10.9 Å². The molecule has 19 heavy (non-hydrogen) atoms. The van der Waals surface area contributed by atoms with Crippen molar-refractivity contribution in [2.24, 2.45) is 5.73 Å². The van der Waals surface area contributed by atoms with E-state index in [4.69, 9.17) is 5.73 Å². The molecular formula is C12H16Cl2FN3S. The molecule has 1 saturated heterocycles. The second-order valence-corrected chi connectivity index (χ2v) is 5.23. The zero-order valence-corrected chi connectivity index (χ0v) is 12.7. The standard InChI is InChI=1S/C12H14FN3S.2ClH/c13-8-1-2-11-10(7-8)12(17-15-11)16-5-3-9(14)4-6-16;;/h1-2,7,9H,3-6,14H2;2*1H. The fraction of sp³-hybridized carbons (Fsp3) is 0.417. The second-order valence-electron chi connectivity index (χ2n) is 4.47. The highest BCUT2D eigenvalue weighted by Gasteiger charge is 2.20. The lowest BCUT2D eigenvalue weighted by molar-refractivity contribution is 0.503. The van der Waals surface area contributed by atoms with Gasteiger partial charge in [0.15, 0.2) is 0 Å². The monoisotopic (exact) mass is 323 g/mol. The van der Waals surface area contributed by atoms with Crippen molar-refractivity contribution in [2.45, 2.75) is 18.9 Å². The first-order valence-corrected chi connectivity index (χ1v) is 6.57. The normalized spacial score (nSPS) is 16.0. The minimum atomic E-state index is -0.201. The number of hydrogen-bond acceptors (Lipinski definition) is 4. The van der Waals surface area contributed by atoms with Crippen molar-refractivity contribution in [3.8, 4) is 0 Å². The maximum atomic E-state index is 13.3. The van der Waals surface area contributed by atoms with Gasteiger partial charge in [-0.25, -0.2) is 4.39 Å². The maximum absolute atomic E-state index is 13.3. The van der Waals surface area contributed by atoms with Gasteiger partial charge in [0.05, 0.1) is 5.52 Å². The zero-order chi connectivity index (χ0) is 11.8. The number of anilines is 1. The lowest BCUT2D eigenvalue weighted by atomic mass is 10.1. The summed E-state index contributed by atoms with van der Waals surface area (Å²) in [4.78, 5) is 2.27. The highest BCUT2D eigenvalue weighted by atomic mass is 35.5. The van der Waals surface area contributed by atoms with Crippen molar-refractivity contribution in [1.29, 1.82) is 0 Å². The third-order valence-electron chi connectivity index (χ3n) is 3.25. The van der Waals surface area contributed by atoms with E-state index in [1.54, 1.807) is 12.1 Å². The summed E-state index contributed by atoms with van der Waals surface area (Å²) in [7, 11) is 0. The van der Waals surface area contributed by atoms with Crippen LogP contribution in [-0.2, 0) is 0 Å². The van der Waals surface area contributed by atoms with E-state index in [0.717, 1.165) is 41.8 Å². The molecule has 7 heteroatoms. The van der Waals surface area contributed by atoms with Gasteiger partial charge in [-0.1, -0.05) is 0 Å². The molecule has 106 valence electrons. The van der Waals surface area contributed by atoms with Crippen LogP contribution in [0.1, 0.15) is 12.8 Å². The first kappa shape index (κ1) is 16.4. The van der Waals surface area contributed by atoms with Crippen molar-refractivity contribution in [3.05, 3.63) is 24.0 Å². The van der Waals surface area contributed by atoms with Crippen LogP contribution < -0.4 is 10.6 Å². The van der Waals surface area contributed by atoms with Crippen LogP contribution in [0.3, 0.4) is 0 Å². The molecule has 3 nitrogen and oxygen atoms in total. The van der Waals surface area contributed by atoms with Crippen LogP contribution in [0.5, 0.6) is 0 Å². The number of fused-ring (bicyclic) bond motifs is 1. The van der Waals surface area contributed by atoms with Gasteiger partial charge in [0.2, 0.25) is 0 Å². The first-order valence-electron chi connectivity index (χ1n) is 5.79. The predicted octanol–water partition coefficient (Wildman–Crippen LogP) is 3.21. The number of aromatic nitrogens is 1. The molecule has 0 unspecified atom stereocenters. The molecule has 1 aliphatic heterocycles. The Morgan fingerprint density at radius 2 is 1.95 bits per heavy atom. The molecule has 2 aromatic rings. The lowest BCUT2D eigenvalue weighted by Crippen LogP contribution is -2.39. The molecule has 1 aromatic carbocycles. The average molecular weight is 324 g/mol. The van der Waals surface area contributed by atoms with Crippen molar-refractivity contribution in [2.75, 3.05) is 18.0 Å². The van der Waals surface area contributed by atoms with E-state index in [-0.39, 0.29) is 30.6 Å². The molecule has 1 aliphatic rings. The minimum Gasteiger partial charge on any atom is -0.362 e. The number of hydrogen-bond donors (Lipinski definition) is 1. The molecule has 2 heterocycles. The quantitative estimate of drug-likeness (QED) is 0.876. The zero-order valence-electron chi connectivity index (χ0n) is 10.2. The van der Waals surface area contributed by atoms with Crippen LogP contribution in [-0.4, -0.2) is 23.5 Å². The molecule has 0 saturated carbocycles. The van der Waals surface area contributed by atoms with Gasteiger partial charge in [-0.3, -0.25) is 0 Å². The van der Waals surface area contributed by atoms with E-state index in [2.05, 4.69) is 9.27 Å². The lowest BCUT2D eigenvalue weighted by Gasteiger charge is -2.30. The fourth-order valence-corrected chi connectivity index (χ4v) is 3.14. The Morgan fingerprint density at radius 3 is 2.63 bits per heavy atom. The number of rotatable bonds is 1. The topological polar surface area (TPSA) is 42.1 Å². The van der Waals surface area contributed by atoms with E-state index in [1.807, 2.05) is 0 Å². The molecule has 0 amide bonds. The Labute approximate surface area is 128 Å². The minimum absolute atomic E-state index is 0. The third kappa shape index (κ3) is 3.28. The molecule has 2 N–H and O–H groups in total. The average Bonchev–Trinajstić information content (AvgIpc) is 2.73. The van der Waals surface area contributed by atoms with Crippen LogP contribution >= 0.6 is 36.3 Å². The fourth-order valence-electron chi connectivity index (χ4n) is 2.23. The smallest absolute Gasteiger partial charge is 0.124 e. The molecule has 0 aliphatic carbocycles. The van der Waals surface area contributed by atoms with E-state index >= 15 is 0 Å². The highest BCUT2D eigenvalue weighted by molar-refractivity contribution is 7.11. The van der Waals surface area contributed by atoms with Gasteiger partial charge in [0.1, 0.15) is 10.8 Å². The van der Waals surface area contributed by atoms with E-state index in [0.29, 0.717) is 6.04 Å². The summed E-state index contributed by atoms with van der Waals surface area (Å²) >= 11 is 1.45. The Balaban J connectivity index is 0.000000902. The van der Waals surface area contributed by atoms with Crippen LogP contribution in [0.2, 0.25) is 0 Å². The number of halogens is 3. The van der Waals surface area contributed by atoms with Gasteiger partial charge in [0.25, 0.3) is 0 Å². The van der Waals surface area contributed by atoms with Crippen molar-refractivity contribution in [3.63, 3.8) is 0 Å². The van der Waals surface area contributed by atoms with Crippen molar-refractivity contribution in [1.82, 2.24) is 4.37 Å². The number of benzene rings is 1. The summed E-state index contributed by atoms with van der Waals surface area (Å²) in [6.45, 7) is 1.88. The summed E-state index contributed by atoms with van der Waals surface area (Å²) in [6, 6.07) is 5.07. The van der Waals surface area contributed by atoms with Gasteiger partial charge >= 0.3 is 0 Å². The summed E-state index contributed by atoms with van der Waals surface area (Å²) in [6.07, 6.45) is 1.99. The second kappa shape index (κ2) is 6.70. The first-order chi connectivity index (χ1) is 8.24. The molecule has 1 fully saturated rings. The van der Waals surface area contributed by atoms with E-state index < -0.39 is 0 Å². The molecule has 0 radical (unpaired) electrons. The Bertz CT molecular complexity index is 541. The summed E-state index contributed by atoms with van der Waals surface area (Å²) in [5, 5.41) is 2.00. The molecule has 0 atom stereocenters. The van der Waals surface area contributed by atoms with Gasteiger partial charge in [-0.05, 0) is 42.6 Å². The number of nitrogens with zero attached hydrogens (tertiary/aromatic N) is 2. The van der Waals surface area contributed by atoms with Crippen molar-refractivity contribution >= 4 is 52.3 Å². The third-order valence-corrected chi connectivity index (χ3v) is 4.19. The van der Waals surface area contributed by atoms with Crippen LogP contribution in [0.4, 0.5) is 9.39 Å². The van der Waals surface area contributed by atoms with Gasteiger partial charge in [-0.15, -0.1) is 24.8 Å². The van der Waals surface area contributed by atoms with Gasteiger partial charge < -0.3 is 10.6 Å². The van der Waals surface area contributed by atoms with Crippen LogP contribution in [0.15, 0.2) is 18.2 Å². The number of piperidine rings is 1. The Morgan fingerprint density at radius 1 is 1.26 bits per heavy atom. The molecule has 0 spiro atoms. The van der Waals surface area contributed by atoms with Gasteiger partial charge in [-0.2, -0.15) is 4.37 Å². The Hall–Kier alpha value is -0.620. The maximum Gasteiger partial charge on any atom is 0.124 e. The van der Waals surface area contributed by atoms with E-state index in [1.165, 1.54) is 17.6 Å². The highest BCUT2D eigenvalue weighted by Crippen LogP contribution is 2.33. The SMILES string of the molecule is Cl.Cl.NC1CCN(c2snc3ccc(F)cc23)CC1. The van der Waals surface area contributed by atoms with Gasteiger partial charge in [0, 0.05) is 24.5 Å². The molecule has 3 rings (SSSR count). The molecular weight excluding hydrogens is 308 g/mol. The summed E-state index contributed by atoms with van der Waals surface area (Å²) in [5.74, 6) is -0.201. The summed E-state index contributed by atoms with van der Waals surface area (Å²) in [5.41, 5.74) is 6.76. The summed E-state index contributed by atoms with van der Waals surface area (Å²) < 4.78 is 17.6. The van der Waals surface area contributed by atoms with E-state index in [9.17, 15) is 4.39 Å². The van der Waals surface area contributed by atoms with Crippen molar-refractivity contribution < 1.29 is 4.39 Å². The van der Waals surface area contributed by atoms with Crippen LogP contribution in [0, 0.1) is 5.82 Å². The Kier molecular flexibility index (Phi) is 5.80. The molecule has 1 aromatic heterocycles. The number of nitrogens with two attached hydrogens (primary N) is 1.